The van der Waals surface area contributed by atoms with Crippen molar-refractivity contribution >= 4 is 11.8 Å². The highest BCUT2D eigenvalue weighted by atomic mass is 16.2. The number of nitrogens with one attached hydrogen (secondary N) is 1. The highest BCUT2D eigenvalue weighted by Crippen LogP contribution is 2.30. The fourth-order valence-corrected chi connectivity index (χ4v) is 2.39. The standard InChI is InChI=1S/C15H19NO2/c1-9(2)11-4-6-12(7-5-11)10(3)13-8-14(17)16-15(13)18/h4-7,9-10,13H,8H2,1-3H3,(H,16,17,18). The van der Waals surface area contributed by atoms with Crippen molar-refractivity contribution in [3.8, 4) is 0 Å². The number of hydrogen-bond acceptors (Lipinski definition) is 2. The van der Waals surface area contributed by atoms with Gasteiger partial charge in [0.15, 0.2) is 0 Å². The summed E-state index contributed by atoms with van der Waals surface area (Å²) in [5.41, 5.74) is 2.41. The summed E-state index contributed by atoms with van der Waals surface area (Å²) in [7, 11) is 0. The molecule has 1 aromatic carbocycles. The molecule has 0 spiro atoms. The number of amides is 2. The van der Waals surface area contributed by atoms with Gasteiger partial charge in [0.2, 0.25) is 11.8 Å². The average Bonchev–Trinajstić information content (AvgIpc) is 2.67. The van der Waals surface area contributed by atoms with Gasteiger partial charge in [0.05, 0.1) is 5.92 Å². The molecule has 3 nitrogen and oxygen atoms in total. The molecule has 2 unspecified atom stereocenters. The molecule has 1 aromatic rings. The first-order chi connectivity index (χ1) is 8.49. The minimum absolute atomic E-state index is 0.0812. The Bertz CT molecular complexity index is 462. The van der Waals surface area contributed by atoms with Crippen molar-refractivity contribution in [1.82, 2.24) is 5.32 Å². The third kappa shape index (κ3) is 2.45. The van der Waals surface area contributed by atoms with Gasteiger partial charge in [-0.1, -0.05) is 45.0 Å². The molecule has 1 saturated heterocycles. The monoisotopic (exact) mass is 245 g/mol. The number of rotatable bonds is 3. The smallest absolute Gasteiger partial charge is 0.230 e. The molecule has 1 fully saturated rings. The summed E-state index contributed by atoms with van der Waals surface area (Å²) in [5.74, 6) is 0.0712. The molecule has 1 aliphatic rings. The molecular formula is C15H19NO2. The van der Waals surface area contributed by atoms with Crippen molar-refractivity contribution in [3.63, 3.8) is 0 Å². The lowest BCUT2D eigenvalue weighted by molar-refractivity contribution is -0.126. The SMILES string of the molecule is CC(C)c1ccc(C(C)C2CC(=O)NC2=O)cc1. The van der Waals surface area contributed by atoms with Crippen LogP contribution in [0.4, 0.5) is 0 Å². The van der Waals surface area contributed by atoms with E-state index in [-0.39, 0.29) is 23.7 Å². The van der Waals surface area contributed by atoms with Crippen LogP contribution in [-0.2, 0) is 9.59 Å². The Kier molecular flexibility index (Phi) is 3.50. The van der Waals surface area contributed by atoms with Crippen LogP contribution in [0.25, 0.3) is 0 Å². The van der Waals surface area contributed by atoms with E-state index in [2.05, 4.69) is 43.4 Å². The Balaban J connectivity index is 2.16. The van der Waals surface area contributed by atoms with Crippen LogP contribution in [0.5, 0.6) is 0 Å². The predicted octanol–water partition coefficient (Wildman–Crippen LogP) is 2.58. The zero-order valence-electron chi connectivity index (χ0n) is 11.1. The molecule has 2 atom stereocenters. The lowest BCUT2D eigenvalue weighted by atomic mass is 9.85. The van der Waals surface area contributed by atoms with E-state index < -0.39 is 0 Å². The molecule has 18 heavy (non-hydrogen) atoms. The van der Waals surface area contributed by atoms with Gasteiger partial charge in [0, 0.05) is 6.42 Å². The third-order valence-electron chi connectivity index (χ3n) is 3.74. The maximum Gasteiger partial charge on any atom is 0.230 e. The van der Waals surface area contributed by atoms with Crippen LogP contribution in [0.2, 0.25) is 0 Å². The molecule has 96 valence electrons. The molecule has 0 bridgehead atoms. The summed E-state index contributed by atoms with van der Waals surface area (Å²) in [6.07, 6.45) is 0.311. The number of benzene rings is 1. The summed E-state index contributed by atoms with van der Waals surface area (Å²) in [6.45, 7) is 6.32. The molecule has 1 aliphatic heterocycles. The summed E-state index contributed by atoms with van der Waals surface area (Å²) in [5, 5.41) is 2.37. The molecule has 3 heteroatoms. The lowest BCUT2D eigenvalue weighted by Crippen LogP contribution is -2.24. The molecule has 0 radical (unpaired) electrons. The van der Waals surface area contributed by atoms with E-state index in [1.807, 2.05) is 6.92 Å². The predicted molar refractivity (Wildman–Crippen MR) is 70.2 cm³/mol. The normalized spacial score (nSPS) is 21.2. The van der Waals surface area contributed by atoms with E-state index in [9.17, 15) is 9.59 Å². The number of carbonyl (C=O) groups excluding carboxylic acids is 2. The zero-order valence-corrected chi connectivity index (χ0v) is 11.1. The Labute approximate surface area is 108 Å². The van der Waals surface area contributed by atoms with Crippen LogP contribution in [0, 0.1) is 5.92 Å². The summed E-state index contributed by atoms with van der Waals surface area (Å²) in [4.78, 5) is 22.9. The Hall–Kier alpha value is -1.64. The van der Waals surface area contributed by atoms with Gasteiger partial charge in [0.1, 0.15) is 0 Å². The zero-order chi connectivity index (χ0) is 13.3. The van der Waals surface area contributed by atoms with E-state index in [0.29, 0.717) is 12.3 Å². The van der Waals surface area contributed by atoms with E-state index in [0.717, 1.165) is 5.56 Å². The van der Waals surface area contributed by atoms with Gasteiger partial charge in [-0.3, -0.25) is 14.9 Å². The van der Waals surface area contributed by atoms with Gasteiger partial charge in [-0.25, -0.2) is 0 Å². The lowest BCUT2D eigenvalue weighted by Gasteiger charge is -2.17. The fraction of sp³-hybridized carbons (Fsp3) is 0.467. The second-order valence-corrected chi connectivity index (χ2v) is 5.33. The Morgan fingerprint density at radius 3 is 2.06 bits per heavy atom. The fourth-order valence-electron chi connectivity index (χ4n) is 2.39. The second-order valence-electron chi connectivity index (χ2n) is 5.33. The number of carbonyl (C=O) groups is 2. The summed E-state index contributed by atoms with van der Waals surface area (Å²) in [6, 6.07) is 8.34. The van der Waals surface area contributed by atoms with Crippen molar-refractivity contribution < 1.29 is 9.59 Å². The van der Waals surface area contributed by atoms with Crippen LogP contribution >= 0.6 is 0 Å². The van der Waals surface area contributed by atoms with E-state index in [1.165, 1.54) is 5.56 Å². The summed E-state index contributed by atoms with van der Waals surface area (Å²) >= 11 is 0. The van der Waals surface area contributed by atoms with Gasteiger partial charge in [-0.2, -0.15) is 0 Å². The van der Waals surface area contributed by atoms with Crippen molar-refractivity contribution in [3.05, 3.63) is 35.4 Å². The highest BCUT2D eigenvalue weighted by molar-refractivity contribution is 6.03. The molecule has 0 saturated carbocycles. The quantitative estimate of drug-likeness (QED) is 0.832. The molecule has 1 heterocycles. The maximum atomic E-state index is 11.6. The molecule has 0 aromatic heterocycles. The number of hydrogen-bond donors (Lipinski definition) is 1. The molecule has 0 aliphatic carbocycles. The van der Waals surface area contributed by atoms with Gasteiger partial charge in [0.25, 0.3) is 0 Å². The molecule has 2 amide bonds. The largest absolute Gasteiger partial charge is 0.296 e. The van der Waals surface area contributed by atoms with Crippen LogP contribution in [0.1, 0.15) is 50.2 Å². The van der Waals surface area contributed by atoms with Gasteiger partial charge < -0.3 is 0 Å². The van der Waals surface area contributed by atoms with Crippen molar-refractivity contribution in [2.24, 2.45) is 5.92 Å². The van der Waals surface area contributed by atoms with E-state index in [1.54, 1.807) is 0 Å². The van der Waals surface area contributed by atoms with Gasteiger partial charge in [-0.15, -0.1) is 0 Å². The first kappa shape index (κ1) is 12.8. The Morgan fingerprint density at radius 2 is 1.61 bits per heavy atom. The first-order valence-corrected chi connectivity index (χ1v) is 6.42. The molecule has 1 N–H and O–H groups in total. The van der Waals surface area contributed by atoms with Gasteiger partial charge >= 0.3 is 0 Å². The Morgan fingerprint density at radius 1 is 1.06 bits per heavy atom. The van der Waals surface area contributed by atoms with Crippen molar-refractivity contribution in [2.45, 2.75) is 39.0 Å². The van der Waals surface area contributed by atoms with Crippen molar-refractivity contribution in [1.29, 1.82) is 0 Å². The van der Waals surface area contributed by atoms with Crippen molar-refractivity contribution in [2.75, 3.05) is 0 Å². The van der Waals surface area contributed by atoms with Crippen LogP contribution < -0.4 is 5.32 Å². The van der Waals surface area contributed by atoms with E-state index in [4.69, 9.17) is 0 Å². The maximum absolute atomic E-state index is 11.6. The van der Waals surface area contributed by atoms with Crippen LogP contribution in [-0.4, -0.2) is 11.8 Å². The van der Waals surface area contributed by atoms with Gasteiger partial charge in [-0.05, 0) is 23.0 Å². The minimum atomic E-state index is -0.220. The van der Waals surface area contributed by atoms with Crippen LogP contribution in [0.15, 0.2) is 24.3 Å². The summed E-state index contributed by atoms with van der Waals surface area (Å²) < 4.78 is 0. The minimum Gasteiger partial charge on any atom is -0.296 e. The third-order valence-corrected chi connectivity index (χ3v) is 3.74. The topological polar surface area (TPSA) is 46.2 Å². The average molecular weight is 245 g/mol. The molecule has 2 rings (SSSR count). The van der Waals surface area contributed by atoms with Crippen LogP contribution in [0.3, 0.4) is 0 Å². The highest BCUT2D eigenvalue weighted by Gasteiger charge is 2.35. The molecular weight excluding hydrogens is 226 g/mol. The number of imide groups is 1. The first-order valence-electron chi connectivity index (χ1n) is 6.42. The van der Waals surface area contributed by atoms with E-state index >= 15 is 0 Å². The second kappa shape index (κ2) is 4.92.